The summed E-state index contributed by atoms with van der Waals surface area (Å²) in [5.74, 6) is 0.473. The molecule has 0 aromatic heterocycles. The molecule has 1 aromatic carbocycles. The summed E-state index contributed by atoms with van der Waals surface area (Å²) in [5.41, 5.74) is 1.13. The van der Waals surface area contributed by atoms with Crippen LogP contribution in [-0.4, -0.2) is 62.4 Å². The highest BCUT2D eigenvalue weighted by Crippen LogP contribution is 2.58. The molecule has 1 N–H and O–H groups in total. The second kappa shape index (κ2) is 7.07. The summed E-state index contributed by atoms with van der Waals surface area (Å²) in [6.45, 7) is 3.66. The zero-order valence-electron chi connectivity index (χ0n) is 15.2. The fourth-order valence-electron chi connectivity index (χ4n) is 4.43. The molecule has 8 heteroatoms. The van der Waals surface area contributed by atoms with Crippen molar-refractivity contribution in [2.75, 3.05) is 44.3 Å². The molecule has 2 saturated heterocycles. The number of hydrogen-bond donors (Lipinski definition) is 1. The molecule has 0 spiro atoms. The Labute approximate surface area is 156 Å². The van der Waals surface area contributed by atoms with E-state index in [0.29, 0.717) is 29.6 Å². The summed E-state index contributed by atoms with van der Waals surface area (Å²) in [5, 5.41) is 2.61. The highest BCUT2D eigenvalue weighted by Gasteiger charge is 2.56. The van der Waals surface area contributed by atoms with Gasteiger partial charge in [-0.2, -0.15) is 0 Å². The zero-order chi connectivity index (χ0) is 19.1. The fraction of sp³-hybridized carbons (Fsp3) is 0.579. The molecule has 4 atom stereocenters. The monoisotopic (exact) mass is 379 g/mol. The number of carbonyl (C=O) groups is 2. The third kappa shape index (κ3) is 3.50. The predicted octanol–water partition coefficient (Wildman–Crippen LogP) is 1.90. The number of fused-ring (bicyclic) bond motifs is 1. The van der Waals surface area contributed by atoms with Crippen molar-refractivity contribution in [3.05, 3.63) is 29.6 Å². The Bertz CT molecular complexity index is 748. The van der Waals surface area contributed by atoms with Crippen LogP contribution >= 0.6 is 0 Å². The minimum Gasteiger partial charge on any atom is -0.442 e. The molecule has 0 radical (unpaired) electrons. The van der Waals surface area contributed by atoms with Crippen LogP contribution in [0.3, 0.4) is 0 Å². The van der Waals surface area contributed by atoms with E-state index in [4.69, 9.17) is 4.74 Å². The number of hydrogen-bond acceptors (Lipinski definition) is 4. The summed E-state index contributed by atoms with van der Waals surface area (Å²) < 4.78 is 32.4. The van der Waals surface area contributed by atoms with Crippen molar-refractivity contribution in [3.63, 3.8) is 0 Å². The molecule has 3 fully saturated rings. The van der Waals surface area contributed by atoms with Gasteiger partial charge in [-0.15, -0.1) is 0 Å². The second-order valence-electron chi connectivity index (χ2n) is 7.56. The average Bonchev–Trinajstić information content (AvgIpc) is 2.95. The van der Waals surface area contributed by atoms with Gasteiger partial charge in [-0.05, 0) is 35.4 Å². The Balaban J connectivity index is 1.40. The van der Waals surface area contributed by atoms with E-state index in [2.05, 4.69) is 10.2 Å². The molecule has 1 aliphatic carbocycles. The first-order valence-electron chi connectivity index (χ1n) is 9.28. The summed E-state index contributed by atoms with van der Waals surface area (Å²) >= 11 is 0. The summed E-state index contributed by atoms with van der Waals surface area (Å²) in [6.07, 6.45) is -0.990. The quantitative estimate of drug-likeness (QED) is 0.820. The summed E-state index contributed by atoms with van der Waals surface area (Å²) in [7, 11) is 0. The standard InChI is InChI=1S/C19H23F2N3O3/c1-11(25)22-7-13-8-24(19(26)27-13)12-2-3-14(17(21)6-12)18-15-9-23(5-4-20)10-16(15)18/h2-3,6,13,15-16,18H,4-5,7-10H2,1H3,(H,22,25)/t13-,15-,16+,18?/m0/s1. The number of amides is 2. The van der Waals surface area contributed by atoms with Crippen LogP contribution in [0.4, 0.5) is 19.3 Å². The summed E-state index contributed by atoms with van der Waals surface area (Å²) in [6, 6.07) is 4.88. The Morgan fingerprint density at radius 3 is 2.67 bits per heavy atom. The molecule has 1 saturated carbocycles. The lowest BCUT2D eigenvalue weighted by Gasteiger charge is -2.18. The molecule has 2 amide bonds. The molecule has 2 heterocycles. The van der Waals surface area contributed by atoms with Crippen LogP contribution in [0.1, 0.15) is 18.4 Å². The molecule has 1 unspecified atom stereocenters. The third-order valence-corrected chi connectivity index (χ3v) is 5.78. The van der Waals surface area contributed by atoms with Gasteiger partial charge in [-0.1, -0.05) is 6.07 Å². The van der Waals surface area contributed by atoms with Gasteiger partial charge in [0.2, 0.25) is 5.91 Å². The van der Waals surface area contributed by atoms with Crippen LogP contribution in [0.15, 0.2) is 18.2 Å². The Hall–Kier alpha value is -2.22. The van der Waals surface area contributed by atoms with Gasteiger partial charge in [-0.25, -0.2) is 13.6 Å². The van der Waals surface area contributed by atoms with Gasteiger partial charge < -0.3 is 15.0 Å². The Morgan fingerprint density at radius 1 is 1.30 bits per heavy atom. The van der Waals surface area contributed by atoms with Crippen LogP contribution < -0.4 is 10.2 Å². The number of nitrogens with one attached hydrogen (secondary N) is 1. The van der Waals surface area contributed by atoms with Crippen molar-refractivity contribution in [1.29, 1.82) is 0 Å². The number of likely N-dealkylation sites (tertiary alicyclic amines) is 1. The topological polar surface area (TPSA) is 61.9 Å². The molecule has 0 bridgehead atoms. The van der Waals surface area contributed by atoms with Crippen molar-refractivity contribution in [3.8, 4) is 0 Å². The molecule has 2 aliphatic heterocycles. The van der Waals surface area contributed by atoms with Gasteiger partial charge in [-0.3, -0.25) is 9.69 Å². The number of rotatable bonds is 6. The minimum atomic E-state index is -0.539. The maximum atomic E-state index is 14.7. The van der Waals surface area contributed by atoms with Crippen LogP contribution in [0.25, 0.3) is 0 Å². The number of anilines is 1. The second-order valence-corrected chi connectivity index (χ2v) is 7.56. The van der Waals surface area contributed by atoms with Gasteiger partial charge in [0.1, 0.15) is 18.6 Å². The van der Waals surface area contributed by atoms with E-state index in [1.165, 1.54) is 17.9 Å². The largest absolute Gasteiger partial charge is 0.442 e. The van der Waals surface area contributed by atoms with Crippen LogP contribution in [0, 0.1) is 17.7 Å². The van der Waals surface area contributed by atoms with Gasteiger partial charge in [0.05, 0.1) is 18.8 Å². The minimum absolute atomic E-state index is 0.188. The first-order valence-corrected chi connectivity index (χ1v) is 9.28. The predicted molar refractivity (Wildman–Crippen MR) is 94.8 cm³/mol. The number of nitrogens with zero attached hydrogens (tertiary/aromatic N) is 2. The van der Waals surface area contributed by atoms with Crippen molar-refractivity contribution < 1.29 is 23.1 Å². The van der Waals surface area contributed by atoms with Crippen molar-refractivity contribution in [2.24, 2.45) is 11.8 Å². The van der Waals surface area contributed by atoms with Crippen LogP contribution in [0.5, 0.6) is 0 Å². The van der Waals surface area contributed by atoms with E-state index in [0.717, 1.165) is 13.1 Å². The Kier molecular flexibility index (Phi) is 4.75. The fourth-order valence-corrected chi connectivity index (χ4v) is 4.43. The lowest BCUT2D eigenvalue weighted by molar-refractivity contribution is -0.119. The van der Waals surface area contributed by atoms with Crippen molar-refractivity contribution >= 4 is 17.7 Å². The van der Waals surface area contributed by atoms with E-state index in [9.17, 15) is 18.4 Å². The van der Waals surface area contributed by atoms with Gasteiger partial charge in [0, 0.05) is 26.6 Å². The number of piperidine rings is 1. The van der Waals surface area contributed by atoms with Gasteiger partial charge >= 0.3 is 6.09 Å². The van der Waals surface area contributed by atoms with E-state index >= 15 is 0 Å². The SMILES string of the molecule is CC(=O)NC[C@H]1CN(c2ccc(C3[C@H]4CN(CCF)C[C@@H]34)c(F)c2)C(=O)O1. The lowest BCUT2D eigenvalue weighted by Crippen LogP contribution is -2.33. The molecule has 3 aliphatic rings. The smallest absolute Gasteiger partial charge is 0.414 e. The van der Waals surface area contributed by atoms with E-state index in [1.807, 2.05) is 0 Å². The first kappa shape index (κ1) is 18.2. The zero-order valence-corrected chi connectivity index (χ0v) is 15.2. The number of alkyl halides is 1. The molecule has 146 valence electrons. The lowest BCUT2D eigenvalue weighted by atomic mass is 10.1. The average molecular weight is 379 g/mol. The molecule has 1 aromatic rings. The van der Waals surface area contributed by atoms with Crippen LogP contribution in [-0.2, 0) is 9.53 Å². The van der Waals surface area contributed by atoms with Crippen LogP contribution in [0.2, 0.25) is 0 Å². The molecular formula is C19H23F2N3O3. The highest BCUT2D eigenvalue weighted by molar-refractivity contribution is 5.89. The van der Waals surface area contributed by atoms with E-state index in [-0.39, 0.29) is 37.4 Å². The van der Waals surface area contributed by atoms with Crippen molar-refractivity contribution in [2.45, 2.75) is 18.9 Å². The number of carbonyl (C=O) groups excluding carboxylic acids is 2. The van der Waals surface area contributed by atoms with Gasteiger partial charge in [0.25, 0.3) is 0 Å². The molecule has 27 heavy (non-hydrogen) atoms. The highest BCUT2D eigenvalue weighted by atomic mass is 19.1. The maximum absolute atomic E-state index is 14.7. The molecule has 6 nitrogen and oxygen atoms in total. The van der Waals surface area contributed by atoms with Crippen molar-refractivity contribution in [1.82, 2.24) is 10.2 Å². The normalized spacial score (nSPS) is 29.6. The Morgan fingerprint density at radius 2 is 2.04 bits per heavy atom. The van der Waals surface area contributed by atoms with E-state index in [1.54, 1.807) is 12.1 Å². The van der Waals surface area contributed by atoms with E-state index < -0.39 is 12.2 Å². The number of benzene rings is 1. The third-order valence-electron chi connectivity index (χ3n) is 5.78. The molecular weight excluding hydrogens is 356 g/mol. The molecule has 4 rings (SSSR count). The van der Waals surface area contributed by atoms with Gasteiger partial charge in [0.15, 0.2) is 0 Å². The number of cyclic esters (lactones) is 1. The first-order chi connectivity index (χ1) is 13.0. The number of ether oxygens (including phenoxy) is 1. The number of halogens is 2. The maximum Gasteiger partial charge on any atom is 0.414 e. The summed E-state index contributed by atoms with van der Waals surface area (Å²) in [4.78, 5) is 26.5.